The van der Waals surface area contributed by atoms with Crippen LogP contribution in [-0.4, -0.2) is 15.0 Å². The van der Waals surface area contributed by atoms with E-state index < -0.39 is 0 Å². The van der Waals surface area contributed by atoms with Crippen molar-refractivity contribution in [2.75, 3.05) is 0 Å². The van der Waals surface area contributed by atoms with Crippen LogP contribution in [0.2, 0.25) is 0 Å². The molecule has 0 saturated heterocycles. The van der Waals surface area contributed by atoms with Crippen LogP contribution in [0.1, 0.15) is 0 Å². The minimum Gasteiger partial charge on any atom is -0.456 e. The van der Waals surface area contributed by atoms with Gasteiger partial charge in [0.15, 0.2) is 17.5 Å². The van der Waals surface area contributed by atoms with Gasteiger partial charge in [-0.1, -0.05) is 121 Å². The SMILES string of the molecule is c1ccc(-c2ccc3c(c2)oc2c4ccccc4c(-c4nc(-c5ccc6ccccc6c5)nc(-c5ccc6c(c5)oc5ccccc56)n4)cc32)cc1. The molecular formula is C47H27N3O2. The van der Waals surface area contributed by atoms with Crippen molar-refractivity contribution in [1.82, 2.24) is 15.0 Å². The van der Waals surface area contributed by atoms with Crippen molar-refractivity contribution in [3.8, 4) is 45.3 Å². The van der Waals surface area contributed by atoms with Gasteiger partial charge < -0.3 is 8.83 Å². The van der Waals surface area contributed by atoms with Crippen molar-refractivity contribution in [2.24, 2.45) is 0 Å². The summed E-state index contributed by atoms with van der Waals surface area (Å²) >= 11 is 0. The summed E-state index contributed by atoms with van der Waals surface area (Å²) in [5.74, 6) is 1.76. The Morgan fingerprint density at radius 1 is 0.308 bits per heavy atom. The molecule has 5 heteroatoms. The second kappa shape index (κ2) is 11.2. The first-order valence-electron chi connectivity index (χ1n) is 17.3. The molecule has 242 valence electrons. The van der Waals surface area contributed by atoms with E-state index in [9.17, 15) is 0 Å². The monoisotopic (exact) mass is 665 g/mol. The smallest absolute Gasteiger partial charge is 0.164 e. The van der Waals surface area contributed by atoms with E-state index in [2.05, 4.69) is 133 Å². The Morgan fingerprint density at radius 3 is 1.73 bits per heavy atom. The van der Waals surface area contributed by atoms with Crippen molar-refractivity contribution in [3.63, 3.8) is 0 Å². The van der Waals surface area contributed by atoms with Crippen LogP contribution in [0.25, 0.3) is 111 Å². The van der Waals surface area contributed by atoms with Crippen LogP contribution < -0.4 is 0 Å². The van der Waals surface area contributed by atoms with Crippen molar-refractivity contribution in [2.45, 2.75) is 0 Å². The maximum Gasteiger partial charge on any atom is 0.164 e. The molecule has 0 aliphatic rings. The highest BCUT2D eigenvalue weighted by atomic mass is 16.3. The summed E-state index contributed by atoms with van der Waals surface area (Å²) in [5.41, 5.74) is 8.27. The molecule has 11 aromatic rings. The van der Waals surface area contributed by atoms with Crippen LogP contribution in [0, 0.1) is 0 Å². The molecule has 0 fully saturated rings. The lowest BCUT2D eigenvalue weighted by Crippen LogP contribution is -2.00. The average Bonchev–Trinajstić information content (AvgIpc) is 3.78. The molecule has 0 saturated carbocycles. The number of hydrogen-bond donors (Lipinski definition) is 0. The van der Waals surface area contributed by atoms with Crippen LogP contribution in [-0.2, 0) is 0 Å². The van der Waals surface area contributed by atoms with Crippen molar-refractivity contribution in [3.05, 3.63) is 164 Å². The quantitative estimate of drug-likeness (QED) is 0.187. The number of hydrogen-bond acceptors (Lipinski definition) is 5. The van der Waals surface area contributed by atoms with Gasteiger partial charge in [0.2, 0.25) is 0 Å². The van der Waals surface area contributed by atoms with E-state index >= 15 is 0 Å². The van der Waals surface area contributed by atoms with E-state index in [1.807, 2.05) is 30.3 Å². The largest absolute Gasteiger partial charge is 0.456 e. The lowest BCUT2D eigenvalue weighted by atomic mass is 9.98. The standard InChI is InChI=1S/C47H27N3O2/c1-2-10-28(11-3-1)31-20-22-37-39-27-40(34-14-6-7-16-38(34)44(39)52-43(37)25-31)47-49-45(32-19-18-29-12-4-5-13-30(29)24-32)48-46(50-47)33-21-23-36-35-15-8-9-17-41(35)51-42(36)26-33/h1-27H. The molecule has 0 radical (unpaired) electrons. The van der Waals surface area contributed by atoms with Crippen LogP contribution in [0.5, 0.6) is 0 Å². The zero-order valence-corrected chi connectivity index (χ0v) is 27.7. The predicted octanol–water partition coefficient (Wildman–Crippen LogP) is 12.6. The molecule has 0 bridgehead atoms. The third-order valence-corrected chi connectivity index (χ3v) is 10.1. The summed E-state index contributed by atoms with van der Waals surface area (Å²) < 4.78 is 12.9. The highest BCUT2D eigenvalue weighted by molar-refractivity contribution is 6.19. The number of rotatable bonds is 4. The summed E-state index contributed by atoms with van der Waals surface area (Å²) in [6, 6.07) is 56.4. The van der Waals surface area contributed by atoms with Gasteiger partial charge in [-0.3, -0.25) is 0 Å². The number of furan rings is 2. The van der Waals surface area contributed by atoms with Gasteiger partial charge in [-0.25, -0.2) is 15.0 Å². The summed E-state index contributed by atoms with van der Waals surface area (Å²) in [6.45, 7) is 0. The van der Waals surface area contributed by atoms with E-state index in [0.29, 0.717) is 17.5 Å². The highest BCUT2D eigenvalue weighted by Gasteiger charge is 2.20. The summed E-state index contributed by atoms with van der Waals surface area (Å²) in [6.07, 6.45) is 0. The van der Waals surface area contributed by atoms with Crippen LogP contribution in [0.4, 0.5) is 0 Å². The molecular weight excluding hydrogens is 639 g/mol. The van der Waals surface area contributed by atoms with E-state index in [1.165, 1.54) is 0 Å². The fourth-order valence-electron chi connectivity index (χ4n) is 7.54. The van der Waals surface area contributed by atoms with Crippen LogP contribution >= 0.6 is 0 Å². The molecule has 0 spiro atoms. The van der Waals surface area contributed by atoms with Crippen molar-refractivity contribution >= 4 is 65.4 Å². The van der Waals surface area contributed by atoms with Gasteiger partial charge in [-0.15, -0.1) is 0 Å². The van der Waals surface area contributed by atoms with Gasteiger partial charge >= 0.3 is 0 Å². The Morgan fingerprint density at radius 2 is 0.885 bits per heavy atom. The summed E-state index contributed by atoms with van der Waals surface area (Å²) in [5, 5.41) is 8.50. The number of benzene rings is 8. The molecule has 8 aromatic carbocycles. The van der Waals surface area contributed by atoms with Gasteiger partial charge in [0.25, 0.3) is 0 Å². The van der Waals surface area contributed by atoms with Gasteiger partial charge in [-0.05, 0) is 69.8 Å². The molecule has 0 aliphatic heterocycles. The first kappa shape index (κ1) is 28.7. The third-order valence-electron chi connectivity index (χ3n) is 10.1. The van der Waals surface area contributed by atoms with E-state index in [-0.39, 0.29) is 0 Å². The van der Waals surface area contributed by atoms with E-state index in [4.69, 9.17) is 23.8 Å². The third kappa shape index (κ3) is 4.53. The minimum absolute atomic E-state index is 0.573. The van der Waals surface area contributed by atoms with Gasteiger partial charge in [0.1, 0.15) is 22.3 Å². The fourth-order valence-corrected chi connectivity index (χ4v) is 7.54. The Kier molecular flexibility index (Phi) is 6.18. The van der Waals surface area contributed by atoms with Gasteiger partial charge in [0.05, 0.1) is 0 Å². The first-order chi connectivity index (χ1) is 25.7. The molecule has 3 aromatic heterocycles. The molecule has 0 unspecified atom stereocenters. The Bertz CT molecular complexity index is 3190. The second-order valence-electron chi connectivity index (χ2n) is 13.2. The Hall–Kier alpha value is -7.11. The fraction of sp³-hybridized carbons (Fsp3) is 0. The number of para-hydroxylation sites is 1. The average molecular weight is 666 g/mol. The van der Waals surface area contributed by atoms with Crippen LogP contribution in [0.15, 0.2) is 173 Å². The molecule has 0 aliphatic carbocycles. The van der Waals surface area contributed by atoms with E-state index in [1.54, 1.807) is 0 Å². The maximum absolute atomic E-state index is 6.65. The summed E-state index contributed by atoms with van der Waals surface area (Å²) in [7, 11) is 0. The topological polar surface area (TPSA) is 65.0 Å². The molecule has 5 nitrogen and oxygen atoms in total. The lowest BCUT2D eigenvalue weighted by molar-refractivity contribution is 0.669. The second-order valence-corrected chi connectivity index (χ2v) is 13.2. The zero-order valence-electron chi connectivity index (χ0n) is 27.7. The molecule has 0 N–H and O–H groups in total. The van der Waals surface area contributed by atoms with Crippen molar-refractivity contribution in [1.29, 1.82) is 0 Å². The molecule has 11 rings (SSSR count). The Labute approximate surface area is 297 Å². The first-order valence-corrected chi connectivity index (χ1v) is 17.3. The molecule has 0 amide bonds. The van der Waals surface area contributed by atoms with Gasteiger partial charge in [-0.2, -0.15) is 0 Å². The minimum atomic E-state index is 0.573. The van der Waals surface area contributed by atoms with E-state index in [0.717, 1.165) is 93.2 Å². The maximum atomic E-state index is 6.65. The normalized spacial score (nSPS) is 11.8. The number of nitrogens with zero attached hydrogens (tertiary/aromatic N) is 3. The number of aromatic nitrogens is 3. The molecule has 0 atom stereocenters. The van der Waals surface area contributed by atoms with Gasteiger partial charge in [0, 0.05) is 43.6 Å². The summed E-state index contributed by atoms with van der Waals surface area (Å²) in [4.78, 5) is 15.5. The highest BCUT2D eigenvalue weighted by Crippen LogP contribution is 2.41. The number of fused-ring (bicyclic) bond motifs is 9. The zero-order chi connectivity index (χ0) is 34.2. The van der Waals surface area contributed by atoms with Crippen LogP contribution in [0.3, 0.4) is 0 Å². The lowest BCUT2D eigenvalue weighted by Gasteiger charge is -2.11. The van der Waals surface area contributed by atoms with Crippen molar-refractivity contribution < 1.29 is 8.83 Å². The molecule has 3 heterocycles. The molecule has 52 heavy (non-hydrogen) atoms. The predicted molar refractivity (Wildman–Crippen MR) is 211 cm³/mol. The Balaban J connectivity index is 1.16.